The van der Waals surface area contributed by atoms with Crippen LogP contribution >= 0.6 is 0 Å². The number of carbonyl (C=O) groups is 1. The second kappa shape index (κ2) is 17.8. The minimum Gasteiger partial charge on any atom is -0.465 e. The second-order valence-corrected chi connectivity index (χ2v) is 11.7. The maximum Gasteiger partial charge on any atom is 0.308 e. The van der Waals surface area contributed by atoms with Crippen molar-refractivity contribution < 1.29 is 28.5 Å². The Morgan fingerprint density at radius 2 is 1.28 bits per heavy atom. The summed E-state index contributed by atoms with van der Waals surface area (Å²) >= 11 is 0. The number of carbonyl (C=O) groups excluding carboxylic acids is 1. The molecule has 36 heavy (non-hydrogen) atoms. The quantitative estimate of drug-likeness (QED) is 0.0826. The molecule has 0 bridgehead atoms. The van der Waals surface area contributed by atoms with E-state index in [0.29, 0.717) is 39.0 Å². The van der Waals surface area contributed by atoms with Crippen LogP contribution in [0.5, 0.6) is 0 Å². The highest BCUT2D eigenvalue weighted by atomic mass is 16.6. The van der Waals surface area contributed by atoms with Gasteiger partial charge in [-0.25, -0.2) is 0 Å². The van der Waals surface area contributed by atoms with Crippen LogP contribution in [-0.4, -0.2) is 64.4 Å². The molecule has 0 aromatic heterocycles. The highest BCUT2D eigenvalue weighted by Crippen LogP contribution is 2.28. The van der Waals surface area contributed by atoms with E-state index in [1.807, 2.05) is 0 Å². The van der Waals surface area contributed by atoms with Gasteiger partial charge in [0.15, 0.2) is 0 Å². The van der Waals surface area contributed by atoms with Crippen LogP contribution in [0.25, 0.3) is 0 Å². The zero-order chi connectivity index (χ0) is 26.2. The second-order valence-electron chi connectivity index (χ2n) is 11.7. The van der Waals surface area contributed by atoms with Crippen LogP contribution in [0, 0.1) is 23.2 Å². The fourth-order valence-corrected chi connectivity index (χ4v) is 4.48. The third-order valence-corrected chi connectivity index (χ3v) is 8.23. The Bertz CT molecular complexity index is 556. The van der Waals surface area contributed by atoms with Crippen molar-refractivity contribution in [3.63, 3.8) is 0 Å². The molecule has 0 N–H and O–H groups in total. The van der Waals surface area contributed by atoms with Crippen LogP contribution in [-0.2, 0) is 28.5 Å². The molecule has 0 aromatic carbocycles. The molecule has 0 aliphatic carbocycles. The maximum absolute atomic E-state index is 13.3. The summed E-state index contributed by atoms with van der Waals surface area (Å²) in [5, 5.41) is 0. The zero-order valence-electron chi connectivity index (χ0n) is 24.1. The van der Waals surface area contributed by atoms with Gasteiger partial charge in [-0.1, -0.05) is 86.0 Å². The first-order chi connectivity index (χ1) is 17.4. The lowest BCUT2D eigenvalue weighted by Gasteiger charge is -2.32. The van der Waals surface area contributed by atoms with Crippen molar-refractivity contribution in [2.75, 3.05) is 46.2 Å². The number of unbranched alkanes of at least 4 members (excludes halogenated alkanes) is 2. The van der Waals surface area contributed by atoms with Gasteiger partial charge < -0.3 is 23.7 Å². The van der Waals surface area contributed by atoms with Crippen molar-refractivity contribution in [2.24, 2.45) is 23.2 Å². The summed E-state index contributed by atoms with van der Waals surface area (Å²) in [5.41, 5.74) is -0.336. The third-order valence-electron chi connectivity index (χ3n) is 8.23. The van der Waals surface area contributed by atoms with Crippen molar-refractivity contribution in [1.29, 1.82) is 0 Å². The average Bonchev–Trinajstić information content (AvgIpc) is 3.81. The number of hydrogen-bond acceptors (Lipinski definition) is 6. The standard InChI is InChI=1S/C30H56O6/c1-6-24(4)13-10-9-11-15-26(16-12-14-25(5)7-2)29(31)36-23-30(8-3,21-32-17-27-19-34-27)22-33-18-28-20-35-28/h24-28H,6-23H2,1-5H3. The number of ether oxygens (including phenoxy) is 5. The van der Waals surface area contributed by atoms with Crippen LogP contribution in [0.15, 0.2) is 0 Å². The first-order valence-electron chi connectivity index (χ1n) is 15.0. The number of epoxide rings is 2. The lowest BCUT2D eigenvalue weighted by Crippen LogP contribution is -2.39. The summed E-state index contributed by atoms with van der Waals surface area (Å²) in [6, 6.07) is 0. The van der Waals surface area contributed by atoms with E-state index in [1.54, 1.807) is 0 Å². The number of hydrogen-bond donors (Lipinski definition) is 0. The van der Waals surface area contributed by atoms with Crippen molar-refractivity contribution in [3.05, 3.63) is 0 Å². The Kier molecular flexibility index (Phi) is 15.5. The number of esters is 1. The molecule has 2 fully saturated rings. The van der Waals surface area contributed by atoms with Crippen molar-refractivity contribution in [1.82, 2.24) is 0 Å². The van der Waals surface area contributed by atoms with Gasteiger partial charge in [0.1, 0.15) is 18.8 Å². The molecule has 5 unspecified atom stereocenters. The first kappa shape index (κ1) is 31.5. The van der Waals surface area contributed by atoms with Gasteiger partial charge in [0.2, 0.25) is 0 Å². The molecule has 0 radical (unpaired) electrons. The van der Waals surface area contributed by atoms with Crippen molar-refractivity contribution >= 4 is 5.97 Å². The van der Waals surface area contributed by atoms with Gasteiger partial charge in [-0.05, 0) is 31.1 Å². The molecule has 0 amide bonds. The van der Waals surface area contributed by atoms with E-state index < -0.39 is 0 Å². The van der Waals surface area contributed by atoms with Gasteiger partial charge in [-0.2, -0.15) is 0 Å². The molecule has 5 atom stereocenters. The van der Waals surface area contributed by atoms with Crippen LogP contribution in [0.3, 0.4) is 0 Å². The van der Waals surface area contributed by atoms with Crippen molar-refractivity contribution in [2.45, 2.75) is 117 Å². The molecule has 2 aliphatic heterocycles. The molecule has 0 aromatic rings. The molecule has 2 rings (SSSR count). The van der Waals surface area contributed by atoms with E-state index in [-0.39, 0.29) is 29.5 Å². The van der Waals surface area contributed by atoms with Crippen LogP contribution in [0.4, 0.5) is 0 Å². The molecular weight excluding hydrogens is 456 g/mol. The smallest absolute Gasteiger partial charge is 0.308 e. The van der Waals surface area contributed by atoms with Crippen LogP contribution in [0.1, 0.15) is 105 Å². The van der Waals surface area contributed by atoms with Gasteiger partial charge in [0.25, 0.3) is 0 Å². The lowest BCUT2D eigenvalue weighted by molar-refractivity contribution is -0.157. The molecule has 0 saturated carbocycles. The minimum absolute atomic E-state index is 0.00576. The van der Waals surface area contributed by atoms with Gasteiger partial charge in [0.05, 0.1) is 51.0 Å². The SMILES string of the molecule is CCC(C)CCCCCC(CCCC(C)CC)C(=O)OCC(CC)(COCC1CO1)COCC1CO1. The molecule has 6 heteroatoms. The summed E-state index contributed by atoms with van der Waals surface area (Å²) < 4.78 is 28.6. The van der Waals surface area contributed by atoms with E-state index in [9.17, 15) is 4.79 Å². The zero-order valence-corrected chi connectivity index (χ0v) is 24.1. The molecule has 2 heterocycles. The van der Waals surface area contributed by atoms with Gasteiger partial charge in [-0.3, -0.25) is 4.79 Å². The molecular formula is C30H56O6. The van der Waals surface area contributed by atoms with E-state index in [4.69, 9.17) is 23.7 Å². The highest BCUT2D eigenvalue weighted by Gasteiger charge is 2.35. The van der Waals surface area contributed by atoms with Gasteiger partial charge in [-0.15, -0.1) is 0 Å². The Balaban J connectivity index is 1.86. The fraction of sp³-hybridized carbons (Fsp3) is 0.967. The van der Waals surface area contributed by atoms with Gasteiger partial charge >= 0.3 is 5.97 Å². The number of rotatable bonds is 24. The summed E-state index contributed by atoms with van der Waals surface area (Å²) in [6.45, 7) is 15.4. The van der Waals surface area contributed by atoms with E-state index in [1.165, 1.54) is 38.5 Å². The molecule has 2 saturated heterocycles. The van der Waals surface area contributed by atoms with E-state index in [2.05, 4.69) is 34.6 Å². The summed E-state index contributed by atoms with van der Waals surface area (Å²) in [6.07, 6.45) is 12.7. The lowest BCUT2D eigenvalue weighted by atomic mass is 9.87. The Morgan fingerprint density at radius 1 is 0.778 bits per heavy atom. The molecule has 0 spiro atoms. The monoisotopic (exact) mass is 512 g/mol. The molecule has 6 nitrogen and oxygen atoms in total. The summed E-state index contributed by atoms with van der Waals surface area (Å²) in [5.74, 6) is 1.47. The van der Waals surface area contributed by atoms with Crippen molar-refractivity contribution in [3.8, 4) is 0 Å². The normalized spacial score (nSPS) is 23.0. The Hall–Kier alpha value is -0.690. The summed E-state index contributed by atoms with van der Waals surface area (Å²) in [7, 11) is 0. The maximum atomic E-state index is 13.3. The first-order valence-corrected chi connectivity index (χ1v) is 15.0. The minimum atomic E-state index is -0.336. The molecule has 2 aliphatic rings. The van der Waals surface area contributed by atoms with Crippen LogP contribution < -0.4 is 0 Å². The topological polar surface area (TPSA) is 69.8 Å². The predicted octanol–water partition coefficient (Wildman–Crippen LogP) is 6.59. The largest absolute Gasteiger partial charge is 0.465 e. The predicted molar refractivity (Wildman–Crippen MR) is 144 cm³/mol. The average molecular weight is 513 g/mol. The third kappa shape index (κ3) is 13.7. The van der Waals surface area contributed by atoms with Crippen LogP contribution in [0.2, 0.25) is 0 Å². The van der Waals surface area contributed by atoms with Gasteiger partial charge in [0, 0.05) is 0 Å². The fourth-order valence-electron chi connectivity index (χ4n) is 4.48. The Morgan fingerprint density at radius 3 is 1.78 bits per heavy atom. The van der Waals surface area contributed by atoms with E-state index in [0.717, 1.165) is 51.2 Å². The highest BCUT2D eigenvalue weighted by molar-refractivity contribution is 5.72. The summed E-state index contributed by atoms with van der Waals surface area (Å²) in [4.78, 5) is 13.3. The van der Waals surface area contributed by atoms with E-state index >= 15 is 0 Å². The molecule has 212 valence electrons. The Labute approximate surface area is 221 Å².